The van der Waals surface area contributed by atoms with Gasteiger partial charge in [-0.25, -0.2) is 0 Å². The van der Waals surface area contributed by atoms with Crippen molar-refractivity contribution in [1.82, 2.24) is 0 Å². The van der Waals surface area contributed by atoms with Crippen LogP contribution in [0, 0.1) is 5.92 Å². The number of anilines is 1. The van der Waals surface area contributed by atoms with Crippen LogP contribution in [-0.4, -0.2) is 12.5 Å². The topological polar surface area (TPSA) is 55.1 Å². The first kappa shape index (κ1) is 13.5. The summed E-state index contributed by atoms with van der Waals surface area (Å²) in [5.41, 5.74) is 6.18. The average molecular weight is 306 g/mol. The van der Waals surface area contributed by atoms with Crippen LogP contribution in [0.15, 0.2) is 22.7 Å². The molecule has 0 aromatic heterocycles. The molecule has 1 unspecified atom stereocenters. The second-order valence-corrected chi connectivity index (χ2v) is 4.75. The Bertz CT molecular complexity index is 380. The van der Waals surface area contributed by atoms with Gasteiger partial charge in [0.05, 0.1) is 11.6 Å². The van der Waals surface area contributed by atoms with Crippen LogP contribution in [-0.2, 0) is 4.79 Å². The van der Waals surface area contributed by atoms with Gasteiger partial charge in [-0.15, -0.1) is 0 Å². The SMILES string of the molecule is CCC(CN)C(=O)Nc1cc(Cl)ccc1Br. The fraction of sp³-hybridized carbons (Fsp3) is 0.364. The van der Waals surface area contributed by atoms with Crippen molar-refractivity contribution >= 4 is 39.1 Å². The van der Waals surface area contributed by atoms with E-state index >= 15 is 0 Å². The lowest BCUT2D eigenvalue weighted by Gasteiger charge is -2.13. The first-order chi connectivity index (χ1) is 7.58. The maximum absolute atomic E-state index is 11.8. The zero-order valence-electron chi connectivity index (χ0n) is 8.97. The van der Waals surface area contributed by atoms with Crippen molar-refractivity contribution in [3.63, 3.8) is 0 Å². The molecular weight excluding hydrogens is 291 g/mol. The van der Waals surface area contributed by atoms with Gasteiger partial charge in [0.2, 0.25) is 5.91 Å². The van der Waals surface area contributed by atoms with Crippen LogP contribution in [0.2, 0.25) is 5.02 Å². The number of amides is 1. The smallest absolute Gasteiger partial charge is 0.228 e. The largest absolute Gasteiger partial charge is 0.330 e. The van der Waals surface area contributed by atoms with Crippen molar-refractivity contribution in [3.8, 4) is 0 Å². The molecule has 3 N–H and O–H groups in total. The van der Waals surface area contributed by atoms with E-state index in [0.717, 1.165) is 10.9 Å². The summed E-state index contributed by atoms with van der Waals surface area (Å²) in [5, 5.41) is 3.39. The minimum Gasteiger partial charge on any atom is -0.330 e. The van der Waals surface area contributed by atoms with Gasteiger partial charge >= 0.3 is 0 Å². The highest BCUT2D eigenvalue weighted by Crippen LogP contribution is 2.26. The molecule has 0 radical (unpaired) electrons. The Morgan fingerprint density at radius 2 is 2.31 bits per heavy atom. The summed E-state index contributed by atoms with van der Waals surface area (Å²) >= 11 is 9.20. The van der Waals surface area contributed by atoms with Crippen LogP contribution in [0.1, 0.15) is 13.3 Å². The van der Waals surface area contributed by atoms with Crippen molar-refractivity contribution in [2.24, 2.45) is 11.7 Å². The third-order valence-electron chi connectivity index (χ3n) is 2.33. The van der Waals surface area contributed by atoms with Crippen molar-refractivity contribution in [1.29, 1.82) is 0 Å². The lowest BCUT2D eigenvalue weighted by Crippen LogP contribution is -2.28. The second-order valence-electron chi connectivity index (χ2n) is 3.45. The number of benzene rings is 1. The molecule has 0 saturated carbocycles. The highest BCUT2D eigenvalue weighted by molar-refractivity contribution is 9.10. The molecule has 1 amide bonds. The summed E-state index contributed by atoms with van der Waals surface area (Å²) in [6.07, 6.45) is 0.723. The minimum atomic E-state index is -0.161. The number of nitrogens with two attached hydrogens (primary N) is 1. The number of rotatable bonds is 4. The Kier molecular flexibility index (Phi) is 5.25. The fourth-order valence-electron chi connectivity index (χ4n) is 1.29. The minimum absolute atomic E-state index is 0.0760. The lowest BCUT2D eigenvalue weighted by atomic mass is 10.1. The molecule has 1 atom stereocenters. The molecular formula is C11H14BrClN2O. The molecule has 16 heavy (non-hydrogen) atoms. The molecule has 0 saturated heterocycles. The van der Waals surface area contributed by atoms with Crippen LogP contribution in [0.3, 0.4) is 0 Å². The number of carbonyl (C=O) groups is 1. The van der Waals surface area contributed by atoms with Gasteiger partial charge in [-0.2, -0.15) is 0 Å². The predicted molar refractivity (Wildman–Crippen MR) is 70.6 cm³/mol. The Labute approximate surface area is 108 Å². The van der Waals surface area contributed by atoms with Crippen molar-refractivity contribution in [2.45, 2.75) is 13.3 Å². The Morgan fingerprint density at radius 3 is 2.88 bits per heavy atom. The molecule has 3 nitrogen and oxygen atoms in total. The number of nitrogens with one attached hydrogen (secondary N) is 1. The van der Waals surface area contributed by atoms with E-state index in [0.29, 0.717) is 17.3 Å². The standard InChI is InChI=1S/C11H14BrClN2O/c1-2-7(6-14)11(16)15-10-5-8(13)3-4-9(10)12/h3-5,7H,2,6,14H2,1H3,(H,15,16). The van der Waals surface area contributed by atoms with E-state index in [4.69, 9.17) is 17.3 Å². The van der Waals surface area contributed by atoms with E-state index in [9.17, 15) is 4.79 Å². The van der Waals surface area contributed by atoms with Crippen molar-refractivity contribution < 1.29 is 4.79 Å². The van der Waals surface area contributed by atoms with Crippen molar-refractivity contribution in [2.75, 3.05) is 11.9 Å². The van der Waals surface area contributed by atoms with Gasteiger partial charge in [0.1, 0.15) is 0 Å². The van der Waals surface area contributed by atoms with Gasteiger partial charge in [0.25, 0.3) is 0 Å². The molecule has 1 aromatic carbocycles. The molecule has 88 valence electrons. The summed E-state index contributed by atoms with van der Waals surface area (Å²) in [6, 6.07) is 5.25. The van der Waals surface area contributed by atoms with E-state index in [1.807, 2.05) is 6.92 Å². The molecule has 0 spiro atoms. The van der Waals surface area contributed by atoms with E-state index in [-0.39, 0.29) is 11.8 Å². The zero-order valence-corrected chi connectivity index (χ0v) is 11.3. The van der Waals surface area contributed by atoms with Crippen LogP contribution in [0.4, 0.5) is 5.69 Å². The summed E-state index contributed by atoms with van der Waals surface area (Å²) < 4.78 is 0.803. The molecule has 1 aromatic rings. The first-order valence-corrected chi connectivity index (χ1v) is 6.21. The maximum Gasteiger partial charge on any atom is 0.228 e. The normalized spacial score (nSPS) is 12.2. The molecule has 0 aliphatic heterocycles. The van der Waals surface area contributed by atoms with E-state index in [1.54, 1.807) is 18.2 Å². The van der Waals surface area contributed by atoms with Crippen LogP contribution in [0.5, 0.6) is 0 Å². The summed E-state index contributed by atoms with van der Waals surface area (Å²) in [7, 11) is 0. The Balaban J connectivity index is 2.80. The number of hydrogen-bond donors (Lipinski definition) is 2. The molecule has 1 rings (SSSR count). The second kappa shape index (κ2) is 6.23. The first-order valence-electron chi connectivity index (χ1n) is 5.04. The summed E-state index contributed by atoms with van der Waals surface area (Å²) in [5.74, 6) is -0.237. The monoisotopic (exact) mass is 304 g/mol. The quantitative estimate of drug-likeness (QED) is 0.898. The number of halogens is 2. The predicted octanol–water partition coefficient (Wildman–Crippen LogP) is 3.03. The van der Waals surface area contributed by atoms with Gasteiger partial charge in [-0.05, 0) is 40.5 Å². The van der Waals surface area contributed by atoms with Gasteiger partial charge in [-0.3, -0.25) is 4.79 Å². The number of hydrogen-bond acceptors (Lipinski definition) is 2. The van der Waals surface area contributed by atoms with E-state index in [1.165, 1.54) is 0 Å². The molecule has 0 fully saturated rings. The Morgan fingerprint density at radius 1 is 1.62 bits per heavy atom. The molecule has 0 aliphatic rings. The third-order valence-corrected chi connectivity index (χ3v) is 3.26. The zero-order chi connectivity index (χ0) is 12.1. The van der Waals surface area contributed by atoms with Gasteiger partial charge in [0.15, 0.2) is 0 Å². The van der Waals surface area contributed by atoms with E-state index < -0.39 is 0 Å². The van der Waals surface area contributed by atoms with Crippen molar-refractivity contribution in [3.05, 3.63) is 27.7 Å². The van der Waals surface area contributed by atoms with Gasteiger partial charge in [0, 0.05) is 16.0 Å². The molecule has 0 aliphatic carbocycles. The van der Waals surface area contributed by atoms with Crippen LogP contribution in [0.25, 0.3) is 0 Å². The van der Waals surface area contributed by atoms with Crippen LogP contribution < -0.4 is 11.1 Å². The molecule has 5 heteroatoms. The van der Waals surface area contributed by atoms with E-state index in [2.05, 4.69) is 21.2 Å². The summed E-state index contributed by atoms with van der Waals surface area (Å²) in [4.78, 5) is 11.8. The van der Waals surface area contributed by atoms with Gasteiger partial charge in [-0.1, -0.05) is 18.5 Å². The maximum atomic E-state index is 11.8. The molecule has 0 bridgehead atoms. The third kappa shape index (κ3) is 3.47. The average Bonchev–Trinajstić information content (AvgIpc) is 2.25. The Hall–Kier alpha value is -0.580. The summed E-state index contributed by atoms with van der Waals surface area (Å²) in [6.45, 7) is 2.28. The molecule has 0 heterocycles. The lowest BCUT2D eigenvalue weighted by molar-refractivity contribution is -0.119. The highest BCUT2D eigenvalue weighted by Gasteiger charge is 2.15. The van der Waals surface area contributed by atoms with Gasteiger partial charge < -0.3 is 11.1 Å². The van der Waals surface area contributed by atoms with Crippen LogP contribution >= 0.6 is 27.5 Å². The highest BCUT2D eigenvalue weighted by atomic mass is 79.9. The number of carbonyl (C=O) groups excluding carboxylic acids is 1. The fourth-order valence-corrected chi connectivity index (χ4v) is 1.81.